The largest absolute Gasteiger partial charge is 0.489 e. The summed E-state index contributed by atoms with van der Waals surface area (Å²) in [5, 5.41) is 7.18. The molecule has 1 aromatic carbocycles. The molecule has 1 aromatic heterocycles. The summed E-state index contributed by atoms with van der Waals surface area (Å²) in [4.78, 5) is 15.0. The predicted octanol–water partition coefficient (Wildman–Crippen LogP) is 4.09. The molecule has 2 heterocycles. The summed E-state index contributed by atoms with van der Waals surface area (Å²) in [6.45, 7) is 2.17. The van der Waals surface area contributed by atoms with Crippen molar-refractivity contribution in [3.05, 3.63) is 30.0 Å². The van der Waals surface area contributed by atoms with Crippen LogP contribution in [0.4, 0.5) is 5.69 Å². The van der Waals surface area contributed by atoms with Crippen LogP contribution in [-0.4, -0.2) is 28.3 Å². The standard InChI is InChI=1S/C21H25N3O2/c1-13-5-8-17-19(24(13)21(25)14-6-7-14)10-9-16(18-11-12-22-23-18)20(17)26-15-3-2-4-15/h9-15H,2-8H2,1H3,(H,22,23)/t13-/m0/s1. The summed E-state index contributed by atoms with van der Waals surface area (Å²) < 4.78 is 6.46. The molecule has 26 heavy (non-hydrogen) atoms. The number of amides is 1. The maximum Gasteiger partial charge on any atom is 0.230 e. The Labute approximate surface area is 153 Å². The molecule has 3 aliphatic rings. The molecule has 5 heteroatoms. The second-order valence-electron chi connectivity index (χ2n) is 7.95. The van der Waals surface area contributed by atoms with E-state index in [4.69, 9.17) is 4.74 Å². The van der Waals surface area contributed by atoms with Crippen molar-refractivity contribution in [3.8, 4) is 17.0 Å². The van der Waals surface area contributed by atoms with Gasteiger partial charge in [-0.15, -0.1) is 0 Å². The highest BCUT2D eigenvalue weighted by Gasteiger charge is 2.39. The number of carbonyl (C=O) groups is 1. The molecule has 0 saturated heterocycles. The lowest BCUT2D eigenvalue weighted by Crippen LogP contribution is -2.43. The third kappa shape index (κ3) is 2.61. The molecule has 1 amide bonds. The van der Waals surface area contributed by atoms with Crippen molar-refractivity contribution in [3.63, 3.8) is 0 Å². The molecule has 0 bridgehead atoms. The Morgan fingerprint density at radius 2 is 2.04 bits per heavy atom. The molecule has 2 saturated carbocycles. The van der Waals surface area contributed by atoms with Gasteiger partial charge in [0.05, 0.1) is 17.5 Å². The molecule has 0 unspecified atom stereocenters. The Hall–Kier alpha value is -2.30. The van der Waals surface area contributed by atoms with Gasteiger partial charge >= 0.3 is 0 Å². The smallest absolute Gasteiger partial charge is 0.230 e. The van der Waals surface area contributed by atoms with Gasteiger partial charge in [-0.25, -0.2) is 0 Å². The number of anilines is 1. The Kier molecular flexibility index (Phi) is 3.76. The van der Waals surface area contributed by atoms with Crippen molar-refractivity contribution >= 4 is 11.6 Å². The van der Waals surface area contributed by atoms with E-state index in [9.17, 15) is 4.79 Å². The number of rotatable bonds is 4. The third-order valence-corrected chi connectivity index (χ3v) is 6.04. The van der Waals surface area contributed by atoms with Crippen LogP contribution in [0.3, 0.4) is 0 Å². The minimum Gasteiger partial charge on any atom is -0.489 e. The second kappa shape index (κ2) is 6.15. The van der Waals surface area contributed by atoms with Gasteiger partial charge in [0, 0.05) is 29.3 Å². The monoisotopic (exact) mass is 351 g/mol. The SMILES string of the molecule is C[C@H]1CCc2c(ccc(-c3ccn[nH]3)c2OC2CCC2)N1C(=O)C1CC1. The normalized spacial score (nSPS) is 22.7. The number of hydrogen-bond acceptors (Lipinski definition) is 3. The average Bonchev–Trinajstić information content (AvgIpc) is 3.32. The van der Waals surface area contributed by atoms with Crippen LogP contribution in [-0.2, 0) is 11.2 Å². The molecule has 2 fully saturated rings. The number of carbonyl (C=O) groups excluding carboxylic acids is 1. The number of nitrogens with one attached hydrogen (secondary N) is 1. The highest BCUT2D eigenvalue weighted by Crippen LogP contribution is 2.45. The van der Waals surface area contributed by atoms with E-state index in [-0.39, 0.29) is 12.0 Å². The zero-order valence-electron chi connectivity index (χ0n) is 15.2. The fourth-order valence-electron chi connectivity index (χ4n) is 4.08. The Balaban J connectivity index is 1.61. The topological polar surface area (TPSA) is 58.2 Å². The van der Waals surface area contributed by atoms with E-state index in [0.29, 0.717) is 12.0 Å². The van der Waals surface area contributed by atoms with Gasteiger partial charge in [0.2, 0.25) is 5.91 Å². The van der Waals surface area contributed by atoms with Crippen LogP contribution < -0.4 is 9.64 Å². The number of aromatic nitrogens is 2. The highest BCUT2D eigenvalue weighted by atomic mass is 16.5. The van der Waals surface area contributed by atoms with Gasteiger partial charge in [-0.3, -0.25) is 9.89 Å². The summed E-state index contributed by atoms with van der Waals surface area (Å²) in [7, 11) is 0. The van der Waals surface area contributed by atoms with E-state index in [1.807, 2.05) is 11.0 Å². The number of H-pyrrole nitrogens is 1. The van der Waals surface area contributed by atoms with E-state index in [2.05, 4.69) is 29.3 Å². The summed E-state index contributed by atoms with van der Waals surface area (Å²) in [6.07, 6.45) is 9.56. The fraction of sp³-hybridized carbons (Fsp3) is 0.524. The molecule has 2 aliphatic carbocycles. The lowest BCUT2D eigenvalue weighted by atomic mass is 9.91. The summed E-state index contributed by atoms with van der Waals surface area (Å²) in [5.74, 6) is 1.48. The van der Waals surface area contributed by atoms with E-state index in [1.54, 1.807) is 6.20 Å². The van der Waals surface area contributed by atoms with Gasteiger partial charge in [-0.05, 0) is 70.1 Å². The van der Waals surface area contributed by atoms with Crippen molar-refractivity contribution in [2.24, 2.45) is 5.92 Å². The van der Waals surface area contributed by atoms with Crippen LogP contribution in [0.1, 0.15) is 51.0 Å². The molecular weight excluding hydrogens is 326 g/mol. The molecule has 2 aromatic rings. The fourth-order valence-corrected chi connectivity index (χ4v) is 4.08. The molecule has 0 spiro atoms. The second-order valence-corrected chi connectivity index (χ2v) is 7.95. The average molecular weight is 351 g/mol. The minimum atomic E-state index is 0.228. The van der Waals surface area contributed by atoms with Crippen LogP contribution in [0.5, 0.6) is 5.75 Å². The highest BCUT2D eigenvalue weighted by molar-refractivity contribution is 5.99. The Bertz CT molecular complexity index is 822. The number of hydrogen-bond donors (Lipinski definition) is 1. The number of nitrogens with zero attached hydrogens (tertiary/aromatic N) is 2. The summed E-state index contributed by atoms with van der Waals surface area (Å²) >= 11 is 0. The van der Waals surface area contributed by atoms with Gasteiger partial charge in [0.15, 0.2) is 0 Å². The van der Waals surface area contributed by atoms with Crippen LogP contribution in [0.2, 0.25) is 0 Å². The number of ether oxygens (including phenoxy) is 1. The van der Waals surface area contributed by atoms with Gasteiger partial charge in [-0.2, -0.15) is 5.10 Å². The maximum absolute atomic E-state index is 12.9. The van der Waals surface area contributed by atoms with Crippen molar-refractivity contribution < 1.29 is 9.53 Å². The zero-order valence-corrected chi connectivity index (χ0v) is 15.2. The first-order valence-electron chi connectivity index (χ1n) is 9.87. The zero-order chi connectivity index (χ0) is 17.7. The lowest BCUT2D eigenvalue weighted by Gasteiger charge is -2.38. The molecule has 0 radical (unpaired) electrons. The van der Waals surface area contributed by atoms with E-state index in [1.165, 1.54) is 12.0 Å². The Morgan fingerprint density at radius 1 is 1.19 bits per heavy atom. The number of aromatic amines is 1. The number of fused-ring (bicyclic) bond motifs is 1. The van der Waals surface area contributed by atoms with E-state index >= 15 is 0 Å². The van der Waals surface area contributed by atoms with Crippen molar-refractivity contribution in [2.75, 3.05) is 4.90 Å². The van der Waals surface area contributed by atoms with Gasteiger partial charge in [0.1, 0.15) is 5.75 Å². The maximum atomic E-state index is 12.9. The first-order valence-corrected chi connectivity index (χ1v) is 9.87. The molecule has 5 nitrogen and oxygen atoms in total. The quantitative estimate of drug-likeness (QED) is 0.903. The van der Waals surface area contributed by atoms with Crippen LogP contribution >= 0.6 is 0 Å². The molecule has 1 atom stereocenters. The van der Waals surface area contributed by atoms with Crippen LogP contribution in [0.25, 0.3) is 11.3 Å². The Morgan fingerprint density at radius 3 is 2.69 bits per heavy atom. The molecule has 5 rings (SSSR count). The van der Waals surface area contributed by atoms with Crippen LogP contribution in [0.15, 0.2) is 24.4 Å². The first kappa shape index (κ1) is 15.9. The van der Waals surface area contributed by atoms with E-state index < -0.39 is 0 Å². The molecule has 1 aliphatic heterocycles. The van der Waals surface area contributed by atoms with Gasteiger partial charge in [-0.1, -0.05) is 0 Å². The van der Waals surface area contributed by atoms with Crippen LogP contribution in [0, 0.1) is 5.92 Å². The van der Waals surface area contributed by atoms with Gasteiger partial charge in [0.25, 0.3) is 0 Å². The molecular formula is C21H25N3O2. The first-order chi connectivity index (χ1) is 12.7. The molecule has 1 N–H and O–H groups in total. The lowest BCUT2D eigenvalue weighted by molar-refractivity contribution is -0.120. The number of benzene rings is 1. The van der Waals surface area contributed by atoms with Crippen molar-refractivity contribution in [1.82, 2.24) is 10.2 Å². The van der Waals surface area contributed by atoms with Crippen molar-refractivity contribution in [1.29, 1.82) is 0 Å². The molecule has 136 valence electrons. The van der Waals surface area contributed by atoms with Crippen molar-refractivity contribution in [2.45, 2.75) is 64.0 Å². The minimum absolute atomic E-state index is 0.228. The summed E-state index contributed by atoms with van der Waals surface area (Å²) in [6, 6.07) is 6.43. The predicted molar refractivity (Wildman–Crippen MR) is 100 cm³/mol. The third-order valence-electron chi connectivity index (χ3n) is 6.04. The van der Waals surface area contributed by atoms with Gasteiger partial charge < -0.3 is 9.64 Å². The summed E-state index contributed by atoms with van der Waals surface area (Å²) in [5.41, 5.74) is 4.27. The van der Waals surface area contributed by atoms with E-state index in [0.717, 1.165) is 61.2 Å².